The zero-order valence-electron chi connectivity index (χ0n) is 14.1. The van der Waals surface area contributed by atoms with Crippen molar-refractivity contribution in [3.63, 3.8) is 0 Å². The van der Waals surface area contributed by atoms with Crippen LogP contribution in [0.5, 0.6) is 0 Å². The number of aryl methyl sites for hydroxylation is 1. The summed E-state index contributed by atoms with van der Waals surface area (Å²) >= 11 is 6.05. The number of ether oxygens (including phenoxy) is 1. The minimum Gasteiger partial charge on any atom is -0.365 e. The van der Waals surface area contributed by atoms with Crippen molar-refractivity contribution < 1.29 is 22.7 Å². The van der Waals surface area contributed by atoms with Gasteiger partial charge >= 0.3 is 6.18 Å². The molecule has 0 radical (unpaired) electrons. The number of benzene rings is 1. The van der Waals surface area contributed by atoms with Gasteiger partial charge in [-0.25, -0.2) is 4.68 Å². The van der Waals surface area contributed by atoms with Crippen LogP contribution in [0.15, 0.2) is 36.9 Å². The van der Waals surface area contributed by atoms with E-state index < -0.39 is 23.8 Å². The van der Waals surface area contributed by atoms with Crippen molar-refractivity contribution in [1.82, 2.24) is 9.78 Å². The van der Waals surface area contributed by atoms with Crippen LogP contribution >= 0.6 is 11.6 Å². The highest BCUT2D eigenvalue weighted by Gasteiger charge is 2.31. The first kappa shape index (κ1) is 20.0. The molecule has 0 spiro atoms. The second-order valence-electron chi connectivity index (χ2n) is 5.50. The molecule has 1 atom stereocenters. The fraction of sp³-hybridized carbons (Fsp3) is 0.294. The summed E-state index contributed by atoms with van der Waals surface area (Å²) in [5, 5.41) is 6.78. The van der Waals surface area contributed by atoms with Gasteiger partial charge < -0.3 is 10.1 Å². The van der Waals surface area contributed by atoms with Crippen LogP contribution in [0.2, 0.25) is 5.02 Å². The van der Waals surface area contributed by atoms with E-state index in [1.807, 2.05) is 0 Å². The highest BCUT2D eigenvalue weighted by Crippen LogP contribution is 2.34. The number of alkyl halides is 3. The summed E-state index contributed by atoms with van der Waals surface area (Å²) in [5.41, 5.74) is -0.372. The van der Waals surface area contributed by atoms with Gasteiger partial charge in [-0.2, -0.15) is 18.3 Å². The summed E-state index contributed by atoms with van der Waals surface area (Å²) in [5.74, 6) is -0.293. The number of halogens is 4. The lowest BCUT2D eigenvalue weighted by Crippen LogP contribution is -2.28. The van der Waals surface area contributed by atoms with Crippen LogP contribution < -0.4 is 5.32 Å². The van der Waals surface area contributed by atoms with E-state index in [1.54, 1.807) is 13.8 Å². The number of anilines is 1. The van der Waals surface area contributed by atoms with E-state index in [1.165, 1.54) is 12.1 Å². The molecule has 0 saturated carbocycles. The summed E-state index contributed by atoms with van der Waals surface area (Å²) in [6.07, 6.45) is -3.81. The highest BCUT2D eigenvalue weighted by molar-refractivity contribution is 6.32. The average molecular weight is 388 g/mol. The van der Waals surface area contributed by atoms with E-state index in [4.69, 9.17) is 16.3 Å². The third kappa shape index (κ3) is 4.64. The van der Waals surface area contributed by atoms with Gasteiger partial charge in [-0.15, -0.1) is 6.58 Å². The Morgan fingerprint density at radius 3 is 2.77 bits per heavy atom. The summed E-state index contributed by atoms with van der Waals surface area (Å²) in [7, 11) is 0. The second kappa shape index (κ2) is 7.92. The Bertz CT molecular complexity index is 818. The molecule has 5 nitrogen and oxygen atoms in total. The fourth-order valence-electron chi connectivity index (χ4n) is 2.14. The molecule has 1 heterocycles. The molecule has 1 N–H and O–H groups in total. The van der Waals surface area contributed by atoms with Crippen molar-refractivity contribution in [3.05, 3.63) is 53.2 Å². The number of hydrogen-bond donors (Lipinski definition) is 1. The average Bonchev–Trinajstić information content (AvgIpc) is 2.92. The predicted octanol–water partition coefficient (Wildman–Crippen LogP) is 4.38. The maximum absolute atomic E-state index is 13.0. The van der Waals surface area contributed by atoms with Crippen LogP contribution in [-0.4, -0.2) is 28.4 Å². The molecule has 0 fully saturated rings. The lowest BCUT2D eigenvalue weighted by atomic mass is 10.2. The van der Waals surface area contributed by atoms with Gasteiger partial charge in [0.2, 0.25) is 0 Å². The lowest BCUT2D eigenvalue weighted by molar-refractivity contribution is -0.137. The molecule has 1 amide bonds. The molecular weight excluding hydrogens is 371 g/mol. The van der Waals surface area contributed by atoms with Crippen LogP contribution in [0.3, 0.4) is 0 Å². The third-order valence-corrected chi connectivity index (χ3v) is 3.74. The van der Waals surface area contributed by atoms with Crippen LogP contribution in [0.1, 0.15) is 18.2 Å². The van der Waals surface area contributed by atoms with Crippen LogP contribution in [0.4, 0.5) is 19.0 Å². The molecule has 0 unspecified atom stereocenters. The Morgan fingerprint density at radius 1 is 1.46 bits per heavy atom. The van der Waals surface area contributed by atoms with E-state index in [0.29, 0.717) is 5.69 Å². The SMILES string of the molecule is C=CCO[C@@H](C)C(=O)Nc1cc(C)nn1-c1cc(C(F)(F)F)ccc1Cl. The third-order valence-electron chi connectivity index (χ3n) is 3.42. The summed E-state index contributed by atoms with van der Waals surface area (Å²) in [6.45, 7) is 6.87. The predicted molar refractivity (Wildman–Crippen MR) is 92.6 cm³/mol. The van der Waals surface area contributed by atoms with Gasteiger partial charge in [0.1, 0.15) is 11.9 Å². The van der Waals surface area contributed by atoms with Gasteiger partial charge in [-0.3, -0.25) is 4.79 Å². The molecule has 0 aliphatic carbocycles. The number of carbonyl (C=O) groups excluding carboxylic acids is 1. The van der Waals surface area contributed by atoms with Gasteiger partial charge in [0.05, 0.1) is 28.6 Å². The molecule has 0 saturated heterocycles. The summed E-state index contributed by atoms with van der Waals surface area (Å²) in [4.78, 5) is 12.2. The van der Waals surface area contributed by atoms with Crippen molar-refractivity contribution in [2.45, 2.75) is 26.1 Å². The Hall–Kier alpha value is -2.32. The highest BCUT2D eigenvalue weighted by atomic mass is 35.5. The van der Waals surface area contributed by atoms with Crippen molar-refractivity contribution >= 4 is 23.3 Å². The number of nitrogens with zero attached hydrogens (tertiary/aromatic N) is 2. The van der Waals surface area contributed by atoms with Crippen molar-refractivity contribution in [2.75, 3.05) is 11.9 Å². The minimum absolute atomic E-state index is 0.00422. The quantitative estimate of drug-likeness (QED) is 0.748. The van der Waals surface area contributed by atoms with E-state index in [2.05, 4.69) is 17.0 Å². The first-order chi connectivity index (χ1) is 12.1. The molecule has 2 rings (SSSR count). The van der Waals surface area contributed by atoms with Crippen LogP contribution in [0, 0.1) is 6.92 Å². The molecule has 0 aliphatic heterocycles. The number of rotatable bonds is 6. The Balaban J connectivity index is 2.38. The van der Waals surface area contributed by atoms with Gasteiger partial charge in [0, 0.05) is 6.07 Å². The van der Waals surface area contributed by atoms with Crippen LogP contribution in [0.25, 0.3) is 5.69 Å². The summed E-state index contributed by atoms with van der Waals surface area (Å²) < 4.78 is 45.4. The van der Waals surface area contributed by atoms with Gasteiger partial charge in [-0.1, -0.05) is 17.7 Å². The normalized spacial score (nSPS) is 12.7. The molecule has 1 aromatic carbocycles. The Morgan fingerprint density at radius 2 is 2.15 bits per heavy atom. The molecule has 0 bridgehead atoms. The monoisotopic (exact) mass is 387 g/mol. The van der Waals surface area contributed by atoms with E-state index >= 15 is 0 Å². The number of amides is 1. The smallest absolute Gasteiger partial charge is 0.365 e. The zero-order chi connectivity index (χ0) is 19.5. The second-order valence-corrected chi connectivity index (χ2v) is 5.91. The topological polar surface area (TPSA) is 56.1 Å². The fourth-order valence-corrected chi connectivity index (χ4v) is 2.34. The van der Waals surface area contributed by atoms with Gasteiger partial charge in [0.15, 0.2) is 0 Å². The molecule has 140 valence electrons. The number of aromatic nitrogens is 2. The molecule has 0 aliphatic rings. The van der Waals surface area contributed by atoms with E-state index in [-0.39, 0.29) is 23.1 Å². The molecule has 9 heteroatoms. The van der Waals surface area contributed by atoms with Gasteiger partial charge in [0.25, 0.3) is 5.91 Å². The van der Waals surface area contributed by atoms with Crippen molar-refractivity contribution in [2.24, 2.45) is 0 Å². The summed E-state index contributed by atoms with van der Waals surface area (Å²) in [6, 6.07) is 4.42. The van der Waals surface area contributed by atoms with E-state index in [0.717, 1.165) is 22.9 Å². The Labute approximate surface area is 153 Å². The number of carbonyl (C=O) groups is 1. The number of nitrogens with one attached hydrogen (secondary N) is 1. The largest absolute Gasteiger partial charge is 0.416 e. The minimum atomic E-state index is -4.53. The molecule has 26 heavy (non-hydrogen) atoms. The lowest BCUT2D eigenvalue weighted by Gasteiger charge is -2.15. The van der Waals surface area contributed by atoms with E-state index in [9.17, 15) is 18.0 Å². The van der Waals surface area contributed by atoms with Crippen LogP contribution in [-0.2, 0) is 15.7 Å². The number of hydrogen-bond acceptors (Lipinski definition) is 3. The maximum atomic E-state index is 13.0. The van der Waals surface area contributed by atoms with Gasteiger partial charge in [-0.05, 0) is 32.0 Å². The standard InChI is InChI=1S/C17H17ClF3N3O2/c1-4-7-26-11(3)16(25)22-15-8-10(2)23-24(15)14-9-12(17(19,20)21)5-6-13(14)18/h4-6,8-9,11H,1,7H2,2-3H3,(H,22,25)/t11-/m0/s1. The Kier molecular flexibility index (Phi) is 6.09. The van der Waals surface area contributed by atoms with Crippen molar-refractivity contribution in [1.29, 1.82) is 0 Å². The molecule has 2 aromatic rings. The molecule has 1 aromatic heterocycles. The van der Waals surface area contributed by atoms with Crippen molar-refractivity contribution in [3.8, 4) is 5.69 Å². The molecular formula is C17H17ClF3N3O2. The first-order valence-corrected chi connectivity index (χ1v) is 7.98. The first-order valence-electron chi connectivity index (χ1n) is 7.60. The zero-order valence-corrected chi connectivity index (χ0v) is 14.9. The maximum Gasteiger partial charge on any atom is 0.416 e.